The molecule has 1 saturated heterocycles. The molecule has 2 heterocycles. The third-order valence-electron chi connectivity index (χ3n) is 7.41. The van der Waals surface area contributed by atoms with Gasteiger partial charge in [-0.25, -0.2) is 13.2 Å². The largest absolute Gasteiger partial charge is 0.338 e. The number of aliphatic imine (C=N–C) groups is 1. The van der Waals surface area contributed by atoms with E-state index in [4.69, 9.17) is 4.99 Å². The lowest BCUT2D eigenvalue weighted by Crippen LogP contribution is -2.50. The maximum Gasteiger partial charge on any atom is 0.316 e. The predicted molar refractivity (Wildman–Crippen MR) is 141 cm³/mol. The van der Waals surface area contributed by atoms with Crippen LogP contribution in [0.2, 0.25) is 0 Å². The number of benzene rings is 1. The van der Waals surface area contributed by atoms with Crippen LogP contribution in [0.25, 0.3) is 6.08 Å². The summed E-state index contributed by atoms with van der Waals surface area (Å²) < 4.78 is 27.3. The van der Waals surface area contributed by atoms with Crippen molar-refractivity contribution < 1.29 is 18.0 Å². The molecule has 3 aliphatic rings. The van der Waals surface area contributed by atoms with Crippen molar-refractivity contribution in [3.05, 3.63) is 40.8 Å². The fourth-order valence-electron chi connectivity index (χ4n) is 5.08. The summed E-state index contributed by atoms with van der Waals surface area (Å²) in [4.78, 5) is 30.7. The number of rotatable bonds is 7. The lowest BCUT2D eigenvalue weighted by Gasteiger charge is -2.34. The van der Waals surface area contributed by atoms with E-state index < -0.39 is 15.6 Å². The summed E-state index contributed by atoms with van der Waals surface area (Å²) in [6.45, 7) is 1.08. The maximum atomic E-state index is 12.9. The van der Waals surface area contributed by atoms with Gasteiger partial charge >= 0.3 is 6.03 Å². The van der Waals surface area contributed by atoms with E-state index in [1.807, 2.05) is 24.3 Å². The van der Waals surface area contributed by atoms with E-state index >= 15 is 0 Å². The summed E-state index contributed by atoms with van der Waals surface area (Å²) in [5, 5.41) is 7.08. The van der Waals surface area contributed by atoms with Crippen molar-refractivity contribution in [3.8, 4) is 0 Å². The van der Waals surface area contributed by atoms with Crippen LogP contribution in [0.1, 0.15) is 56.1 Å². The quantitative estimate of drug-likeness (QED) is 0.582. The first-order valence-corrected chi connectivity index (χ1v) is 14.3. The van der Waals surface area contributed by atoms with Crippen LogP contribution < -0.4 is 10.6 Å². The van der Waals surface area contributed by atoms with Crippen LogP contribution in [-0.2, 0) is 21.2 Å². The van der Waals surface area contributed by atoms with Crippen molar-refractivity contribution in [1.82, 2.24) is 19.8 Å². The Morgan fingerprint density at radius 2 is 1.83 bits per heavy atom. The van der Waals surface area contributed by atoms with Gasteiger partial charge in [-0.3, -0.25) is 9.79 Å². The zero-order valence-corrected chi connectivity index (χ0v) is 22.0. The molecule has 0 unspecified atom stereocenters. The Bertz CT molecular complexity index is 1110. The Balaban J connectivity index is 1.31. The highest BCUT2D eigenvalue weighted by molar-refractivity contribution is 7.92. The molecule has 196 valence electrons. The van der Waals surface area contributed by atoms with Crippen LogP contribution in [-0.4, -0.2) is 74.7 Å². The van der Waals surface area contributed by atoms with Crippen LogP contribution in [0.4, 0.5) is 4.79 Å². The second-order valence-electron chi connectivity index (χ2n) is 10.2. The van der Waals surface area contributed by atoms with Crippen LogP contribution in [0, 0.1) is 5.92 Å². The zero-order valence-electron chi connectivity index (χ0n) is 21.2. The van der Waals surface area contributed by atoms with Gasteiger partial charge in [0.25, 0.3) is 5.91 Å². The number of nitrogens with one attached hydrogen (secondary N) is 2. The third-order valence-corrected chi connectivity index (χ3v) is 8.97. The number of nitrogens with zero attached hydrogens (tertiary/aromatic N) is 3. The molecule has 0 radical (unpaired) electrons. The van der Waals surface area contributed by atoms with E-state index in [1.54, 1.807) is 20.2 Å². The molecule has 2 fully saturated rings. The first-order valence-electron chi connectivity index (χ1n) is 12.8. The molecule has 10 heteroatoms. The fraction of sp³-hybridized carbons (Fsp3) is 0.577. The van der Waals surface area contributed by atoms with E-state index in [2.05, 4.69) is 10.6 Å². The highest BCUT2D eigenvalue weighted by Gasteiger charge is 2.48. The Morgan fingerprint density at radius 1 is 1.17 bits per heavy atom. The van der Waals surface area contributed by atoms with Gasteiger partial charge in [-0.15, -0.1) is 0 Å². The predicted octanol–water partition coefficient (Wildman–Crippen LogP) is 2.74. The summed E-state index contributed by atoms with van der Waals surface area (Å²) in [6.07, 6.45) is 8.80. The van der Waals surface area contributed by atoms with Gasteiger partial charge in [0.2, 0.25) is 10.0 Å². The van der Waals surface area contributed by atoms with Gasteiger partial charge < -0.3 is 15.5 Å². The van der Waals surface area contributed by atoms with Crippen LogP contribution in [0.5, 0.6) is 0 Å². The topological polar surface area (TPSA) is 111 Å². The van der Waals surface area contributed by atoms with Crippen molar-refractivity contribution >= 4 is 33.9 Å². The van der Waals surface area contributed by atoms with E-state index in [0.717, 1.165) is 29.8 Å². The monoisotopic (exact) mass is 515 g/mol. The molecule has 2 N–H and O–H groups in total. The molecule has 1 spiro atoms. The van der Waals surface area contributed by atoms with Crippen molar-refractivity contribution in [1.29, 1.82) is 0 Å². The Morgan fingerprint density at radius 3 is 2.47 bits per heavy atom. The van der Waals surface area contributed by atoms with Gasteiger partial charge in [0.05, 0.1) is 0 Å². The molecule has 36 heavy (non-hydrogen) atoms. The minimum Gasteiger partial charge on any atom is -0.338 e. The van der Waals surface area contributed by atoms with Crippen molar-refractivity contribution in [2.45, 2.75) is 56.9 Å². The molecule has 1 aromatic carbocycles. The normalized spacial score (nSPS) is 20.9. The van der Waals surface area contributed by atoms with Crippen LogP contribution in [0.3, 0.4) is 0 Å². The van der Waals surface area contributed by atoms with Gasteiger partial charge in [-0.2, -0.15) is 4.31 Å². The highest BCUT2D eigenvalue weighted by Crippen LogP contribution is 2.34. The molecule has 0 atom stereocenters. The van der Waals surface area contributed by atoms with Crippen molar-refractivity contribution in [3.63, 3.8) is 0 Å². The van der Waals surface area contributed by atoms with E-state index in [9.17, 15) is 18.0 Å². The van der Waals surface area contributed by atoms with Gasteiger partial charge in [-0.1, -0.05) is 43.5 Å². The molecule has 1 saturated carbocycles. The summed E-state index contributed by atoms with van der Waals surface area (Å²) >= 11 is 0. The number of hydrogen-bond acceptors (Lipinski definition) is 5. The maximum absolute atomic E-state index is 12.9. The molecule has 0 bridgehead atoms. The first-order chi connectivity index (χ1) is 17.2. The summed E-state index contributed by atoms with van der Waals surface area (Å²) in [5.41, 5.74) is 1.02. The second-order valence-corrected chi connectivity index (χ2v) is 12.0. The standard InChI is InChI=1S/C26H37N5O4S/c1-30(2)25(33)27-16-12-20-8-10-21(11-9-20)13-19-36(34,35)31-17-14-26(15-18-31)24(32)28-23(29-26)22-6-4-3-5-7-22/h8-11,13,19,22H,3-7,12,14-18H2,1-2H3,(H,27,33)(H,28,29,32)/b19-13+. The number of carbonyl (C=O) groups excluding carboxylic acids is 2. The number of carbonyl (C=O) groups is 2. The fourth-order valence-corrected chi connectivity index (χ4v) is 6.27. The van der Waals surface area contributed by atoms with E-state index in [1.165, 1.54) is 33.9 Å². The minimum atomic E-state index is -3.60. The molecular weight excluding hydrogens is 478 g/mol. The van der Waals surface area contributed by atoms with Gasteiger partial charge in [-0.05, 0) is 49.3 Å². The average Bonchev–Trinajstić information content (AvgIpc) is 3.19. The number of amidine groups is 1. The number of amides is 3. The Kier molecular flexibility index (Phi) is 8.14. The van der Waals surface area contributed by atoms with Crippen LogP contribution >= 0.6 is 0 Å². The molecule has 2 aliphatic heterocycles. The highest BCUT2D eigenvalue weighted by atomic mass is 32.2. The SMILES string of the molecule is CN(C)C(=O)NCCc1ccc(/C=C/S(=O)(=O)N2CCC3(CC2)N=C(C2CCCCC2)NC3=O)cc1. The molecule has 3 amide bonds. The van der Waals surface area contributed by atoms with Gasteiger partial charge in [0.15, 0.2) is 0 Å². The molecule has 0 aromatic heterocycles. The number of sulfonamides is 1. The van der Waals surface area contributed by atoms with Crippen LogP contribution in [0.15, 0.2) is 34.7 Å². The number of piperidine rings is 1. The van der Waals surface area contributed by atoms with Crippen molar-refractivity contribution in [2.75, 3.05) is 33.7 Å². The molecule has 4 rings (SSSR count). The molecular formula is C26H37N5O4S. The summed E-state index contributed by atoms with van der Waals surface area (Å²) in [7, 11) is -0.212. The zero-order chi connectivity index (χ0) is 25.8. The summed E-state index contributed by atoms with van der Waals surface area (Å²) in [5.74, 6) is 1.08. The lowest BCUT2D eigenvalue weighted by molar-refractivity contribution is -0.125. The average molecular weight is 516 g/mol. The smallest absolute Gasteiger partial charge is 0.316 e. The summed E-state index contributed by atoms with van der Waals surface area (Å²) in [6, 6.07) is 7.46. The molecule has 1 aliphatic carbocycles. The first kappa shape index (κ1) is 26.3. The van der Waals surface area contributed by atoms with E-state index in [-0.39, 0.29) is 25.0 Å². The van der Waals surface area contributed by atoms with Gasteiger partial charge in [0, 0.05) is 45.1 Å². The Hall–Kier alpha value is -2.72. The Labute approximate surface area is 214 Å². The van der Waals surface area contributed by atoms with Crippen molar-refractivity contribution in [2.24, 2.45) is 10.9 Å². The minimum absolute atomic E-state index is 0.0722. The van der Waals surface area contributed by atoms with Gasteiger partial charge in [0.1, 0.15) is 11.4 Å². The number of urea groups is 1. The number of hydrogen-bond donors (Lipinski definition) is 2. The third kappa shape index (κ3) is 6.15. The van der Waals surface area contributed by atoms with E-state index in [0.29, 0.717) is 31.7 Å². The lowest BCUT2D eigenvalue weighted by atomic mass is 9.88. The second kappa shape index (κ2) is 11.1. The molecule has 1 aromatic rings. The molecule has 9 nitrogen and oxygen atoms in total.